The Morgan fingerprint density at radius 3 is 2.56 bits per heavy atom. The highest BCUT2D eigenvalue weighted by Gasteiger charge is 2.29. The molecule has 1 saturated heterocycles. The Balaban J connectivity index is 0.00000128. The summed E-state index contributed by atoms with van der Waals surface area (Å²) in [5.41, 5.74) is 0. The Morgan fingerprint density at radius 1 is 1.31 bits per heavy atom. The third kappa shape index (κ3) is 3.28. The summed E-state index contributed by atoms with van der Waals surface area (Å²) in [6, 6.07) is 0.570. The van der Waals surface area contributed by atoms with E-state index in [1.807, 2.05) is 23.7 Å². The fraction of sp³-hybridized carbons (Fsp3) is 0.909. The number of rotatable bonds is 2. The fourth-order valence-corrected chi connectivity index (χ4v) is 3.38. The second-order valence-electron chi connectivity index (χ2n) is 4.51. The molecule has 2 aliphatic rings. The number of halogens is 1. The third-order valence-electron chi connectivity index (χ3n) is 3.48. The molecular formula is C11H21ClN2OS. The van der Waals surface area contributed by atoms with E-state index in [2.05, 4.69) is 5.32 Å². The van der Waals surface area contributed by atoms with Crippen LogP contribution in [0.4, 0.5) is 0 Å². The summed E-state index contributed by atoms with van der Waals surface area (Å²) >= 11 is 1.82. The lowest BCUT2D eigenvalue weighted by molar-refractivity contribution is -0.134. The van der Waals surface area contributed by atoms with E-state index in [1.54, 1.807) is 0 Å². The van der Waals surface area contributed by atoms with Gasteiger partial charge in [-0.3, -0.25) is 10.1 Å². The molecule has 16 heavy (non-hydrogen) atoms. The Labute approximate surface area is 108 Å². The normalized spacial score (nSPS) is 26.2. The van der Waals surface area contributed by atoms with Crippen LogP contribution in [0.3, 0.4) is 0 Å². The number of carbonyl (C=O) groups is 1. The van der Waals surface area contributed by atoms with Gasteiger partial charge >= 0.3 is 0 Å². The minimum absolute atomic E-state index is 0. The maximum absolute atomic E-state index is 12.1. The molecule has 1 aliphatic heterocycles. The van der Waals surface area contributed by atoms with Gasteiger partial charge in [0.15, 0.2) is 0 Å². The van der Waals surface area contributed by atoms with Crippen LogP contribution in [0.2, 0.25) is 0 Å². The van der Waals surface area contributed by atoms with Gasteiger partial charge in [-0.1, -0.05) is 19.3 Å². The summed E-state index contributed by atoms with van der Waals surface area (Å²) in [5, 5.41) is 3.25. The van der Waals surface area contributed by atoms with E-state index in [-0.39, 0.29) is 18.4 Å². The highest BCUT2D eigenvalue weighted by molar-refractivity contribution is 7.99. The lowest BCUT2D eigenvalue weighted by atomic mass is 9.94. The first-order valence-electron chi connectivity index (χ1n) is 5.87. The van der Waals surface area contributed by atoms with Crippen molar-refractivity contribution in [2.75, 3.05) is 18.7 Å². The van der Waals surface area contributed by atoms with Crippen LogP contribution >= 0.6 is 24.2 Å². The summed E-state index contributed by atoms with van der Waals surface area (Å²) in [6.07, 6.45) is 6.31. The standard InChI is InChI=1S/C11H20N2OS.ClH/c1-13(9-5-3-2-4-6-9)11(14)10-7-15-8-12-10;/h9-10,12H,2-8H2,1H3;1H/t10-;/m1./s1. The molecule has 0 aromatic heterocycles. The van der Waals surface area contributed by atoms with E-state index in [0.717, 1.165) is 11.6 Å². The van der Waals surface area contributed by atoms with Crippen molar-refractivity contribution in [2.45, 2.75) is 44.2 Å². The molecule has 0 aromatic rings. The third-order valence-corrected chi connectivity index (χ3v) is 4.42. The average Bonchev–Trinajstić information content (AvgIpc) is 2.82. The topological polar surface area (TPSA) is 32.3 Å². The maximum Gasteiger partial charge on any atom is 0.240 e. The zero-order valence-corrected chi connectivity index (χ0v) is 11.4. The van der Waals surface area contributed by atoms with Crippen molar-refractivity contribution in [1.29, 1.82) is 0 Å². The lowest BCUT2D eigenvalue weighted by Crippen LogP contribution is -2.47. The van der Waals surface area contributed by atoms with E-state index >= 15 is 0 Å². The minimum atomic E-state index is 0. The van der Waals surface area contributed by atoms with Crippen molar-refractivity contribution in [3.8, 4) is 0 Å². The van der Waals surface area contributed by atoms with Gasteiger partial charge in [0, 0.05) is 24.7 Å². The van der Waals surface area contributed by atoms with Crippen molar-refractivity contribution in [3.63, 3.8) is 0 Å². The predicted molar refractivity (Wildman–Crippen MR) is 71.1 cm³/mol. The van der Waals surface area contributed by atoms with E-state index in [1.165, 1.54) is 32.1 Å². The van der Waals surface area contributed by atoms with E-state index in [0.29, 0.717) is 11.9 Å². The molecule has 1 heterocycles. The van der Waals surface area contributed by atoms with E-state index < -0.39 is 0 Å². The number of thioether (sulfide) groups is 1. The molecule has 94 valence electrons. The summed E-state index contributed by atoms with van der Waals surface area (Å²) < 4.78 is 0. The van der Waals surface area contributed by atoms with Gasteiger partial charge < -0.3 is 4.90 Å². The smallest absolute Gasteiger partial charge is 0.240 e. The second kappa shape index (κ2) is 6.72. The molecule has 0 radical (unpaired) electrons. The second-order valence-corrected chi connectivity index (χ2v) is 5.54. The molecule has 1 N–H and O–H groups in total. The first-order chi connectivity index (χ1) is 7.29. The summed E-state index contributed by atoms with van der Waals surface area (Å²) in [6.45, 7) is 0. The van der Waals surface area contributed by atoms with Crippen LogP contribution in [0.1, 0.15) is 32.1 Å². The Morgan fingerprint density at radius 2 is 2.00 bits per heavy atom. The SMILES string of the molecule is CN(C(=O)[C@H]1CSCN1)C1CCCCC1.Cl. The van der Waals surface area contributed by atoms with Crippen LogP contribution in [0.15, 0.2) is 0 Å². The molecular weight excluding hydrogens is 244 g/mol. The zero-order chi connectivity index (χ0) is 10.7. The number of nitrogens with zero attached hydrogens (tertiary/aromatic N) is 1. The predicted octanol–water partition coefficient (Wildman–Crippen LogP) is 1.86. The van der Waals surface area contributed by atoms with Gasteiger partial charge in [-0.05, 0) is 12.8 Å². The zero-order valence-electron chi connectivity index (χ0n) is 9.78. The molecule has 3 nitrogen and oxygen atoms in total. The van der Waals surface area contributed by atoms with E-state index in [4.69, 9.17) is 0 Å². The quantitative estimate of drug-likeness (QED) is 0.826. The first-order valence-corrected chi connectivity index (χ1v) is 7.02. The van der Waals surface area contributed by atoms with Crippen LogP contribution in [0, 0.1) is 0 Å². The van der Waals surface area contributed by atoms with Crippen molar-refractivity contribution < 1.29 is 4.79 Å². The van der Waals surface area contributed by atoms with Gasteiger partial charge in [0.25, 0.3) is 0 Å². The number of nitrogens with one attached hydrogen (secondary N) is 1. The first kappa shape index (κ1) is 14.1. The molecule has 5 heteroatoms. The van der Waals surface area contributed by atoms with Gasteiger partial charge in [0.05, 0.1) is 6.04 Å². The minimum Gasteiger partial charge on any atom is -0.341 e. The van der Waals surface area contributed by atoms with Crippen LogP contribution < -0.4 is 5.32 Å². The van der Waals surface area contributed by atoms with Gasteiger partial charge in [-0.25, -0.2) is 0 Å². The fourth-order valence-electron chi connectivity index (χ4n) is 2.45. The summed E-state index contributed by atoms with van der Waals surface area (Å²) in [5.74, 6) is 2.16. The van der Waals surface area contributed by atoms with Crippen LogP contribution in [0.5, 0.6) is 0 Å². The molecule has 2 rings (SSSR count). The van der Waals surface area contributed by atoms with Crippen molar-refractivity contribution in [2.24, 2.45) is 0 Å². The summed E-state index contributed by atoms with van der Waals surface area (Å²) in [7, 11) is 1.98. The number of hydrogen-bond donors (Lipinski definition) is 1. The highest BCUT2D eigenvalue weighted by atomic mass is 35.5. The van der Waals surface area contributed by atoms with Crippen molar-refractivity contribution in [1.82, 2.24) is 10.2 Å². The molecule has 0 spiro atoms. The van der Waals surface area contributed by atoms with Gasteiger partial charge in [0.1, 0.15) is 0 Å². The molecule has 0 unspecified atom stereocenters. The van der Waals surface area contributed by atoms with Crippen LogP contribution in [-0.4, -0.2) is 41.6 Å². The van der Waals surface area contributed by atoms with Gasteiger partial charge in [0.2, 0.25) is 5.91 Å². The van der Waals surface area contributed by atoms with Gasteiger partial charge in [-0.2, -0.15) is 0 Å². The maximum atomic E-state index is 12.1. The van der Waals surface area contributed by atoms with Crippen molar-refractivity contribution >= 4 is 30.1 Å². The van der Waals surface area contributed by atoms with E-state index in [9.17, 15) is 4.79 Å². The molecule has 1 atom stereocenters. The van der Waals surface area contributed by atoms with Crippen molar-refractivity contribution in [3.05, 3.63) is 0 Å². The molecule has 2 fully saturated rings. The molecule has 0 aromatic carbocycles. The Bertz CT molecular complexity index is 228. The molecule has 0 bridgehead atoms. The molecule has 1 amide bonds. The summed E-state index contributed by atoms with van der Waals surface area (Å²) in [4.78, 5) is 14.1. The molecule has 1 saturated carbocycles. The molecule has 1 aliphatic carbocycles. The highest BCUT2D eigenvalue weighted by Crippen LogP contribution is 2.23. The van der Waals surface area contributed by atoms with Gasteiger partial charge in [-0.15, -0.1) is 24.2 Å². The number of amides is 1. The number of hydrogen-bond acceptors (Lipinski definition) is 3. The number of carbonyl (C=O) groups excluding carboxylic acids is 1. The monoisotopic (exact) mass is 264 g/mol. The largest absolute Gasteiger partial charge is 0.341 e. The number of likely N-dealkylation sites (N-methyl/N-ethyl adjacent to an activating group) is 1. The Hall–Kier alpha value is 0.0700. The lowest BCUT2D eigenvalue weighted by Gasteiger charge is -2.32. The van der Waals surface area contributed by atoms with Crippen LogP contribution in [-0.2, 0) is 4.79 Å². The Kier molecular flexibility index (Phi) is 5.94. The average molecular weight is 265 g/mol. The van der Waals surface area contributed by atoms with Crippen LogP contribution in [0.25, 0.3) is 0 Å².